The molecule has 0 spiro atoms. The van der Waals surface area contributed by atoms with E-state index in [9.17, 15) is 14.0 Å². The molecule has 0 aliphatic rings. The Bertz CT molecular complexity index is 476. The molecule has 0 aromatic heterocycles. The molecule has 0 aliphatic carbocycles. The van der Waals surface area contributed by atoms with Crippen molar-refractivity contribution in [2.45, 2.75) is 13.3 Å². The summed E-state index contributed by atoms with van der Waals surface area (Å²) >= 11 is 0. The fourth-order valence-corrected chi connectivity index (χ4v) is 1.61. The summed E-state index contributed by atoms with van der Waals surface area (Å²) in [6.07, 6.45) is 0.379. The fraction of sp³-hybridized carbons (Fsp3) is 0.385. The molecule has 1 aromatic rings. The average molecular weight is 269 g/mol. The molecule has 2 N–H and O–H groups in total. The van der Waals surface area contributed by atoms with E-state index >= 15 is 0 Å². The maximum Gasteiger partial charge on any atom is 0.308 e. The number of aliphatic carboxylic acids is 1. The number of carboxylic acid groups (broad SMARTS) is 1. The highest BCUT2D eigenvalue weighted by Gasteiger charge is 2.20. The Morgan fingerprint density at radius 2 is 2.16 bits per heavy atom. The van der Waals surface area contributed by atoms with Gasteiger partial charge in [0.1, 0.15) is 17.1 Å². The molecule has 1 amide bonds. The number of carbonyl (C=O) groups excluding carboxylic acids is 1. The quantitative estimate of drug-likeness (QED) is 0.823. The number of carbonyl (C=O) groups is 2. The van der Waals surface area contributed by atoms with Crippen LogP contribution in [0.2, 0.25) is 0 Å². The third-order valence-corrected chi connectivity index (χ3v) is 2.77. The van der Waals surface area contributed by atoms with Crippen LogP contribution in [0, 0.1) is 11.7 Å². The van der Waals surface area contributed by atoms with E-state index in [0.29, 0.717) is 6.42 Å². The zero-order valence-electron chi connectivity index (χ0n) is 10.8. The number of ether oxygens (including phenoxy) is 1. The van der Waals surface area contributed by atoms with Gasteiger partial charge in [-0.2, -0.15) is 0 Å². The molecule has 1 atom stereocenters. The van der Waals surface area contributed by atoms with E-state index in [2.05, 4.69) is 5.32 Å². The van der Waals surface area contributed by atoms with E-state index in [1.54, 1.807) is 6.92 Å². The predicted octanol–water partition coefficient (Wildman–Crippen LogP) is 1.67. The molecule has 0 radical (unpaired) electrons. The molecule has 1 rings (SSSR count). The first-order chi connectivity index (χ1) is 9.01. The average Bonchev–Trinajstić information content (AvgIpc) is 2.38. The van der Waals surface area contributed by atoms with Crippen LogP contribution in [-0.4, -0.2) is 30.6 Å². The van der Waals surface area contributed by atoms with Gasteiger partial charge in [-0.05, 0) is 18.6 Å². The van der Waals surface area contributed by atoms with Gasteiger partial charge in [-0.3, -0.25) is 9.59 Å². The maximum absolute atomic E-state index is 13.6. The normalized spacial score (nSPS) is 11.7. The van der Waals surface area contributed by atoms with Gasteiger partial charge in [0.15, 0.2) is 0 Å². The zero-order valence-corrected chi connectivity index (χ0v) is 10.8. The van der Waals surface area contributed by atoms with Crippen molar-refractivity contribution >= 4 is 11.9 Å². The minimum Gasteiger partial charge on any atom is -0.496 e. The SMILES string of the molecule is CCC(CNC(=O)c1c(F)cccc1OC)C(=O)O. The van der Waals surface area contributed by atoms with Gasteiger partial charge < -0.3 is 15.2 Å². The second kappa shape index (κ2) is 6.72. The fourth-order valence-electron chi connectivity index (χ4n) is 1.61. The van der Waals surface area contributed by atoms with Gasteiger partial charge in [-0.15, -0.1) is 0 Å². The lowest BCUT2D eigenvalue weighted by Gasteiger charge is -2.13. The molecule has 0 aliphatic heterocycles. The molecule has 0 fully saturated rings. The van der Waals surface area contributed by atoms with Crippen LogP contribution in [-0.2, 0) is 4.79 Å². The number of nitrogens with one attached hydrogen (secondary N) is 1. The van der Waals surface area contributed by atoms with Crippen LogP contribution < -0.4 is 10.1 Å². The third kappa shape index (κ3) is 3.67. The standard InChI is InChI=1S/C13H16FNO4/c1-3-8(13(17)18)7-15-12(16)11-9(14)5-4-6-10(11)19-2/h4-6,8H,3,7H2,1-2H3,(H,15,16)(H,17,18). The number of hydrogen-bond donors (Lipinski definition) is 2. The lowest BCUT2D eigenvalue weighted by atomic mass is 10.1. The van der Waals surface area contributed by atoms with Crippen LogP contribution in [0.25, 0.3) is 0 Å². The van der Waals surface area contributed by atoms with E-state index < -0.39 is 23.6 Å². The van der Waals surface area contributed by atoms with Gasteiger partial charge in [0.05, 0.1) is 13.0 Å². The van der Waals surface area contributed by atoms with Crippen molar-refractivity contribution in [3.05, 3.63) is 29.6 Å². The number of hydrogen-bond acceptors (Lipinski definition) is 3. The smallest absolute Gasteiger partial charge is 0.308 e. The third-order valence-electron chi connectivity index (χ3n) is 2.77. The first-order valence-corrected chi connectivity index (χ1v) is 5.84. The highest BCUT2D eigenvalue weighted by Crippen LogP contribution is 2.20. The monoisotopic (exact) mass is 269 g/mol. The van der Waals surface area contributed by atoms with E-state index in [4.69, 9.17) is 9.84 Å². The van der Waals surface area contributed by atoms with Crippen molar-refractivity contribution in [1.82, 2.24) is 5.32 Å². The lowest BCUT2D eigenvalue weighted by molar-refractivity contribution is -0.141. The minimum atomic E-state index is -0.997. The Morgan fingerprint density at radius 1 is 1.47 bits per heavy atom. The summed E-state index contributed by atoms with van der Waals surface area (Å²) < 4.78 is 18.5. The molecule has 19 heavy (non-hydrogen) atoms. The van der Waals surface area contributed by atoms with E-state index in [1.807, 2.05) is 0 Å². The first-order valence-electron chi connectivity index (χ1n) is 5.84. The van der Waals surface area contributed by atoms with Crippen LogP contribution in [0.5, 0.6) is 5.75 Å². The van der Waals surface area contributed by atoms with Gasteiger partial charge in [0.2, 0.25) is 0 Å². The summed E-state index contributed by atoms with van der Waals surface area (Å²) in [5.41, 5.74) is -0.217. The molecule has 0 saturated heterocycles. The summed E-state index contributed by atoms with van der Waals surface area (Å²) in [4.78, 5) is 22.7. The molecule has 0 heterocycles. The van der Waals surface area contributed by atoms with Crippen molar-refractivity contribution in [2.75, 3.05) is 13.7 Å². The highest BCUT2D eigenvalue weighted by molar-refractivity contribution is 5.97. The Balaban J connectivity index is 2.81. The lowest BCUT2D eigenvalue weighted by Crippen LogP contribution is -2.33. The minimum absolute atomic E-state index is 0.0534. The van der Waals surface area contributed by atoms with E-state index in [1.165, 1.54) is 19.2 Å². The number of benzene rings is 1. The van der Waals surface area contributed by atoms with Gasteiger partial charge in [0.25, 0.3) is 5.91 Å². The number of methoxy groups -OCH3 is 1. The Kier molecular flexibility index (Phi) is 5.29. The molecule has 104 valence electrons. The molecule has 0 saturated carbocycles. The van der Waals surface area contributed by atoms with Crippen molar-refractivity contribution in [2.24, 2.45) is 5.92 Å². The first kappa shape index (κ1) is 14.9. The second-order valence-electron chi connectivity index (χ2n) is 3.97. The van der Waals surface area contributed by atoms with Crippen LogP contribution in [0.1, 0.15) is 23.7 Å². The van der Waals surface area contributed by atoms with Crippen LogP contribution in [0.4, 0.5) is 4.39 Å². The summed E-state index contributed by atoms with van der Waals surface area (Å²) in [5, 5.41) is 11.3. The van der Waals surface area contributed by atoms with E-state index in [-0.39, 0.29) is 17.9 Å². The molecular weight excluding hydrogens is 253 g/mol. The topological polar surface area (TPSA) is 75.6 Å². The molecule has 6 heteroatoms. The van der Waals surface area contributed by atoms with E-state index in [0.717, 1.165) is 6.07 Å². The molecular formula is C13H16FNO4. The van der Waals surface area contributed by atoms with Crippen molar-refractivity contribution in [3.8, 4) is 5.75 Å². The van der Waals surface area contributed by atoms with Gasteiger partial charge >= 0.3 is 5.97 Å². The summed E-state index contributed by atoms with van der Waals surface area (Å²) in [7, 11) is 1.33. The predicted molar refractivity (Wildman–Crippen MR) is 66.7 cm³/mol. The van der Waals surface area contributed by atoms with Crippen LogP contribution in [0.3, 0.4) is 0 Å². The Morgan fingerprint density at radius 3 is 2.68 bits per heavy atom. The van der Waals surface area contributed by atoms with Crippen molar-refractivity contribution in [1.29, 1.82) is 0 Å². The number of rotatable bonds is 6. The van der Waals surface area contributed by atoms with Gasteiger partial charge in [0, 0.05) is 6.54 Å². The molecule has 5 nitrogen and oxygen atoms in total. The maximum atomic E-state index is 13.6. The Labute approximate surface area is 110 Å². The largest absolute Gasteiger partial charge is 0.496 e. The number of amides is 1. The van der Waals surface area contributed by atoms with Crippen LogP contribution in [0.15, 0.2) is 18.2 Å². The summed E-state index contributed by atoms with van der Waals surface area (Å²) in [6.45, 7) is 1.65. The van der Waals surface area contributed by atoms with Gasteiger partial charge in [-0.25, -0.2) is 4.39 Å². The molecule has 0 bridgehead atoms. The second-order valence-corrected chi connectivity index (χ2v) is 3.97. The molecule has 1 unspecified atom stereocenters. The highest BCUT2D eigenvalue weighted by atomic mass is 19.1. The summed E-state index contributed by atoms with van der Waals surface area (Å²) in [6, 6.07) is 4.04. The van der Waals surface area contributed by atoms with Crippen molar-refractivity contribution in [3.63, 3.8) is 0 Å². The molecule has 1 aromatic carbocycles. The van der Waals surface area contributed by atoms with Crippen LogP contribution >= 0.6 is 0 Å². The number of halogens is 1. The summed E-state index contributed by atoms with van der Waals surface area (Å²) in [5.74, 6) is -2.97. The van der Waals surface area contributed by atoms with Crippen molar-refractivity contribution < 1.29 is 23.8 Å². The zero-order chi connectivity index (χ0) is 14.4. The van der Waals surface area contributed by atoms with Gasteiger partial charge in [-0.1, -0.05) is 13.0 Å². The Hall–Kier alpha value is -2.11. The number of carboxylic acids is 1.